The van der Waals surface area contributed by atoms with Gasteiger partial charge in [0.25, 0.3) is 5.91 Å². The number of carbonyl (C=O) groups is 1. The minimum Gasteiger partial charge on any atom is -0.454 e. The summed E-state index contributed by atoms with van der Waals surface area (Å²) in [5, 5.41) is 6.63. The molecule has 2 rings (SSSR count). The molecule has 7 heteroatoms. The normalized spacial score (nSPS) is 16.8. The number of hydrogen-bond donors (Lipinski definition) is 3. The van der Waals surface area contributed by atoms with Crippen LogP contribution in [-0.4, -0.2) is 49.5 Å². The molecule has 0 atom stereocenters. The zero-order valence-corrected chi connectivity index (χ0v) is 14.5. The molecule has 1 fully saturated rings. The minimum atomic E-state index is -0.565. The molecule has 0 saturated carbocycles. The van der Waals surface area contributed by atoms with E-state index in [1.54, 1.807) is 19.2 Å². The monoisotopic (exact) mass is 333 g/mol. The molecule has 0 radical (unpaired) electrons. The van der Waals surface area contributed by atoms with E-state index in [0.717, 1.165) is 38.4 Å². The van der Waals surface area contributed by atoms with Gasteiger partial charge in [0.15, 0.2) is 11.7 Å². The van der Waals surface area contributed by atoms with Gasteiger partial charge in [0.1, 0.15) is 5.76 Å². The van der Waals surface area contributed by atoms with E-state index in [4.69, 9.17) is 10.2 Å². The van der Waals surface area contributed by atoms with Crippen LogP contribution in [0, 0.1) is 0 Å². The lowest BCUT2D eigenvalue weighted by molar-refractivity contribution is 0.0972. The predicted molar refractivity (Wildman–Crippen MR) is 94.8 cm³/mol. The quantitative estimate of drug-likeness (QED) is 0.411. The zero-order valence-electron chi connectivity index (χ0n) is 14.5. The first-order chi connectivity index (χ1) is 11.5. The highest BCUT2D eigenvalue weighted by Crippen LogP contribution is 2.11. The van der Waals surface area contributed by atoms with Crippen LogP contribution in [-0.2, 0) is 6.54 Å². The van der Waals surface area contributed by atoms with Gasteiger partial charge in [-0.15, -0.1) is 0 Å². The van der Waals surface area contributed by atoms with E-state index in [2.05, 4.69) is 34.0 Å². The van der Waals surface area contributed by atoms with E-state index in [1.807, 2.05) is 0 Å². The highest BCUT2D eigenvalue weighted by atomic mass is 16.3. The number of rotatable bonds is 6. The average Bonchev–Trinajstić information content (AvgIpc) is 3.02. The Hall–Kier alpha value is -2.28. The van der Waals surface area contributed by atoms with Crippen molar-refractivity contribution in [3.63, 3.8) is 0 Å². The lowest BCUT2D eigenvalue weighted by atomic mass is 10.0. The number of carbonyl (C=O) groups excluding carboxylic acids is 1. The van der Waals surface area contributed by atoms with Crippen molar-refractivity contribution in [2.45, 2.75) is 32.4 Å². The van der Waals surface area contributed by atoms with Gasteiger partial charge in [0.05, 0.1) is 6.54 Å². The molecular formula is C17H27N5O2. The van der Waals surface area contributed by atoms with Crippen molar-refractivity contribution >= 4 is 11.9 Å². The van der Waals surface area contributed by atoms with Crippen molar-refractivity contribution in [1.29, 1.82) is 0 Å². The van der Waals surface area contributed by atoms with Crippen LogP contribution in [0.3, 0.4) is 0 Å². The Labute approximate surface area is 143 Å². The summed E-state index contributed by atoms with van der Waals surface area (Å²) in [5.41, 5.74) is 6.38. The van der Waals surface area contributed by atoms with Crippen molar-refractivity contribution < 1.29 is 9.21 Å². The molecule has 1 saturated heterocycles. The van der Waals surface area contributed by atoms with Crippen LogP contribution in [0.5, 0.6) is 0 Å². The van der Waals surface area contributed by atoms with E-state index in [1.165, 1.54) is 5.57 Å². The molecule has 1 aromatic rings. The first-order valence-electron chi connectivity index (χ1n) is 8.20. The second-order valence-corrected chi connectivity index (χ2v) is 6.21. The van der Waals surface area contributed by atoms with E-state index < -0.39 is 5.91 Å². The Morgan fingerprint density at radius 3 is 2.71 bits per heavy atom. The molecule has 7 nitrogen and oxygen atoms in total. The number of aliphatic imine (C=N–C) groups is 1. The first kappa shape index (κ1) is 18.1. The highest BCUT2D eigenvalue weighted by Gasteiger charge is 2.19. The fourth-order valence-corrected chi connectivity index (χ4v) is 2.78. The molecule has 0 spiro atoms. The second-order valence-electron chi connectivity index (χ2n) is 6.21. The van der Waals surface area contributed by atoms with Crippen LogP contribution in [0.25, 0.3) is 0 Å². The number of nitrogens with one attached hydrogen (secondary N) is 2. The van der Waals surface area contributed by atoms with Gasteiger partial charge >= 0.3 is 0 Å². The fraction of sp³-hybridized carbons (Fsp3) is 0.529. The first-order valence-corrected chi connectivity index (χ1v) is 8.20. The maximum absolute atomic E-state index is 11.0. The van der Waals surface area contributed by atoms with Gasteiger partial charge in [0, 0.05) is 32.7 Å². The topological polar surface area (TPSA) is 95.9 Å². The van der Waals surface area contributed by atoms with Crippen molar-refractivity contribution in [3.05, 3.63) is 35.8 Å². The van der Waals surface area contributed by atoms with E-state index in [-0.39, 0.29) is 5.76 Å². The predicted octanol–water partition coefficient (Wildman–Crippen LogP) is 1.08. The van der Waals surface area contributed by atoms with Gasteiger partial charge < -0.3 is 20.8 Å². The summed E-state index contributed by atoms with van der Waals surface area (Å²) in [6.07, 6.45) is 2.14. The number of guanidine groups is 1. The van der Waals surface area contributed by atoms with Gasteiger partial charge in [-0.25, -0.2) is 0 Å². The zero-order chi connectivity index (χ0) is 17.5. The van der Waals surface area contributed by atoms with Crippen molar-refractivity contribution in [2.24, 2.45) is 10.7 Å². The van der Waals surface area contributed by atoms with Crippen molar-refractivity contribution in [1.82, 2.24) is 15.5 Å². The lowest BCUT2D eigenvalue weighted by Crippen LogP contribution is -2.48. The fourth-order valence-electron chi connectivity index (χ4n) is 2.78. The molecule has 0 unspecified atom stereocenters. The Balaban J connectivity index is 1.76. The Morgan fingerprint density at radius 2 is 2.17 bits per heavy atom. The van der Waals surface area contributed by atoms with Crippen LogP contribution >= 0.6 is 0 Å². The SMILES string of the molecule is C=C(C)CN1CCC(NC(=NC)NCc2ccc(C(N)=O)o2)CC1. The van der Waals surface area contributed by atoms with Crippen LogP contribution < -0.4 is 16.4 Å². The molecule has 0 aromatic carbocycles. The third-order valence-corrected chi connectivity index (χ3v) is 3.98. The number of piperidine rings is 1. The molecule has 0 bridgehead atoms. The summed E-state index contributed by atoms with van der Waals surface area (Å²) in [4.78, 5) is 17.7. The maximum atomic E-state index is 11.0. The minimum absolute atomic E-state index is 0.166. The van der Waals surface area contributed by atoms with E-state index in [0.29, 0.717) is 18.3 Å². The molecule has 1 aromatic heterocycles. The molecule has 1 aliphatic rings. The smallest absolute Gasteiger partial charge is 0.284 e. The third kappa shape index (κ3) is 5.42. The summed E-state index contributed by atoms with van der Waals surface area (Å²) in [6.45, 7) is 9.57. The van der Waals surface area contributed by atoms with Crippen LogP contribution in [0.2, 0.25) is 0 Å². The summed E-state index contributed by atoms with van der Waals surface area (Å²) >= 11 is 0. The summed E-state index contributed by atoms with van der Waals surface area (Å²) in [7, 11) is 1.74. The summed E-state index contributed by atoms with van der Waals surface area (Å²) in [6, 6.07) is 3.71. The molecule has 2 heterocycles. The summed E-state index contributed by atoms with van der Waals surface area (Å²) in [5.74, 6) is 0.971. The molecule has 4 N–H and O–H groups in total. The van der Waals surface area contributed by atoms with E-state index in [9.17, 15) is 4.79 Å². The molecule has 0 aliphatic carbocycles. The number of amides is 1. The number of hydrogen-bond acceptors (Lipinski definition) is 4. The summed E-state index contributed by atoms with van der Waals surface area (Å²) < 4.78 is 5.35. The average molecular weight is 333 g/mol. The van der Waals surface area contributed by atoms with Gasteiger partial charge in [-0.05, 0) is 31.9 Å². The van der Waals surface area contributed by atoms with Crippen LogP contribution in [0.4, 0.5) is 0 Å². The van der Waals surface area contributed by atoms with Crippen LogP contribution in [0.1, 0.15) is 36.1 Å². The number of likely N-dealkylation sites (tertiary alicyclic amines) is 1. The van der Waals surface area contributed by atoms with Gasteiger partial charge in [-0.3, -0.25) is 14.7 Å². The second kappa shape index (κ2) is 8.54. The standard InChI is InChI=1S/C17H27N5O2/c1-12(2)11-22-8-6-13(7-9-22)21-17(19-3)20-10-14-4-5-15(24-14)16(18)23/h4-5,13H,1,6-11H2,2-3H3,(H2,18,23)(H2,19,20,21). The maximum Gasteiger partial charge on any atom is 0.284 e. The Kier molecular flexibility index (Phi) is 6.43. The van der Waals surface area contributed by atoms with Gasteiger partial charge in [0.2, 0.25) is 0 Å². The number of nitrogens with zero attached hydrogens (tertiary/aromatic N) is 2. The molecule has 1 amide bonds. The Bertz CT molecular complexity index is 600. The van der Waals surface area contributed by atoms with Gasteiger partial charge in [-0.1, -0.05) is 12.2 Å². The van der Waals surface area contributed by atoms with Crippen LogP contribution in [0.15, 0.2) is 33.7 Å². The Morgan fingerprint density at radius 1 is 1.46 bits per heavy atom. The third-order valence-electron chi connectivity index (χ3n) is 3.98. The molecule has 132 valence electrons. The largest absolute Gasteiger partial charge is 0.454 e. The molecular weight excluding hydrogens is 306 g/mol. The number of nitrogens with two attached hydrogens (primary N) is 1. The molecule has 1 aliphatic heterocycles. The number of furan rings is 1. The lowest BCUT2D eigenvalue weighted by Gasteiger charge is -2.33. The van der Waals surface area contributed by atoms with Gasteiger partial charge in [-0.2, -0.15) is 0 Å². The number of primary amides is 1. The van der Waals surface area contributed by atoms with Crippen molar-refractivity contribution in [2.75, 3.05) is 26.7 Å². The van der Waals surface area contributed by atoms with E-state index >= 15 is 0 Å². The highest BCUT2D eigenvalue weighted by molar-refractivity contribution is 5.89. The molecule has 24 heavy (non-hydrogen) atoms. The van der Waals surface area contributed by atoms with Crippen molar-refractivity contribution in [3.8, 4) is 0 Å².